The van der Waals surface area contributed by atoms with Gasteiger partial charge in [0.05, 0.1) is 6.04 Å². The van der Waals surface area contributed by atoms with Gasteiger partial charge in [-0.25, -0.2) is 9.18 Å². The average Bonchev–Trinajstić information content (AvgIpc) is 2.94. The van der Waals surface area contributed by atoms with Gasteiger partial charge in [0, 0.05) is 10.7 Å². The van der Waals surface area contributed by atoms with Gasteiger partial charge in [-0.3, -0.25) is 4.79 Å². The van der Waals surface area contributed by atoms with Crippen LogP contribution in [0.5, 0.6) is 0 Å². The minimum atomic E-state index is -0.951. The summed E-state index contributed by atoms with van der Waals surface area (Å²) < 4.78 is 18.7. The third kappa shape index (κ3) is 4.66. The molecule has 0 saturated heterocycles. The lowest BCUT2D eigenvalue weighted by atomic mass is 10.1. The summed E-state index contributed by atoms with van der Waals surface area (Å²) in [5.41, 5.74) is 1.01. The molecule has 2 rings (SSSR count). The summed E-state index contributed by atoms with van der Waals surface area (Å²) in [5, 5.41) is 2.72. The number of esters is 1. The van der Waals surface area contributed by atoms with Crippen LogP contribution in [0.3, 0.4) is 0 Å². The molecule has 1 heterocycles. The molecule has 1 aromatic carbocycles. The molecule has 1 aromatic heterocycles. The van der Waals surface area contributed by atoms with Crippen LogP contribution >= 0.6 is 15.9 Å². The monoisotopic (exact) mass is 382 g/mol. The molecule has 1 amide bonds. The van der Waals surface area contributed by atoms with E-state index in [2.05, 4.69) is 26.2 Å². The quantitative estimate of drug-likeness (QED) is 0.779. The van der Waals surface area contributed by atoms with E-state index >= 15 is 0 Å². The van der Waals surface area contributed by atoms with E-state index < -0.39 is 18.0 Å². The summed E-state index contributed by atoms with van der Waals surface area (Å²) in [6, 6.07) is 7.06. The topological polar surface area (TPSA) is 71.2 Å². The van der Waals surface area contributed by atoms with Crippen molar-refractivity contribution in [3.8, 4) is 0 Å². The maximum absolute atomic E-state index is 12.9. The number of hydrogen-bond acceptors (Lipinski definition) is 3. The first-order valence-corrected chi connectivity index (χ1v) is 7.77. The number of carbonyl (C=O) groups excluding carboxylic acids is 2. The molecule has 0 spiro atoms. The lowest BCUT2D eigenvalue weighted by Gasteiger charge is -2.18. The highest BCUT2D eigenvalue weighted by Crippen LogP contribution is 2.14. The van der Waals surface area contributed by atoms with Gasteiger partial charge in [0.1, 0.15) is 11.5 Å². The average molecular weight is 383 g/mol. The van der Waals surface area contributed by atoms with Crippen molar-refractivity contribution in [1.82, 2.24) is 10.3 Å². The Morgan fingerprint density at radius 3 is 2.48 bits per heavy atom. The van der Waals surface area contributed by atoms with Crippen LogP contribution in [0.15, 0.2) is 41.0 Å². The zero-order chi connectivity index (χ0) is 17.0. The van der Waals surface area contributed by atoms with Crippen LogP contribution in [0.4, 0.5) is 4.39 Å². The molecule has 2 unspecified atom stereocenters. The van der Waals surface area contributed by atoms with Gasteiger partial charge in [-0.05, 0) is 53.5 Å². The van der Waals surface area contributed by atoms with Crippen molar-refractivity contribution < 1.29 is 18.7 Å². The molecule has 0 saturated carbocycles. The first kappa shape index (κ1) is 17.2. The van der Waals surface area contributed by atoms with Gasteiger partial charge in [-0.1, -0.05) is 12.1 Å². The molecule has 0 aliphatic heterocycles. The van der Waals surface area contributed by atoms with E-state index in [0.29, 0.717) is 4.47 Å². The van der Waals surface area contributed by atoms with Crippen LogP contribution in [0.2, 0.25) is 0 Å². The second kappa shape index (κ2) is 7.41. The summed E-state index contributed by atoms with van der Waals surface area (Å²) in [5.74, 6) is -1.39. The van der Waals surface area contributed by atoms with Crippen molar-refractivity contribution >= 4 is 27.8 Å². The molecule has 0 aliphatic carbocycles. The van der Waals surface area contributed by atoms with Gasteiger partial charge >= 0.3 is 5.97 Å². The van der Waals surface area contributed by atoms with Crippen molar-refractivity contribution in [1.29, 1.82) is 0 Å². The zero-order valence-corrected chi connectivity index (χ0v) is 14.2. The van der Waals surface area contributed by atoms with Gasteiger partial charge < -0.3 is 15.0 Å². The largest absolute Gasteiger partial charge is 0.448 e. The molecular weight excluding hydrogens is 367 g/mol. The van der Waals surface area contributed by atoms with Crippen LogP contribution < -0.4 is 5.32 Å². The number of amides is 1. The molecule has 5 nitrogen and oxygen atoms in total. The van der Waals surface area contributed by atoms with Gasteiger partial charge in [-0.2, -0.15) is 0 Å². The number of carbonyl (C=O) groups is 2. The summed E-state index contributed by atoms with van der Waals surface area (Å²) >= 11 is 3.21. The van der Waals surface area contributed by atoms with Crippen LogP contribution in [0, 0.1) is 5.82 Å². The van der Waals surface area contributed by atoms with E-state index in [-0.39, 0.29) is 17.6 Å². The molecule has 2 aromatic rings. The molecule has 2 N–H and O–H groups in total. The number of aromatic amines is 1. The second-order valence-electron chi connectivity index (χ2n) is 5.06. The fourth-order valence-electron chi connectivity index (χ4n) is 1.93. The van der Waals surface area contributed by atoms with Gasteiger partial charge in [0.15, 0.2) is 6.10 Å². The number of nitrogens with one attached hydrogen (secondary N) is 2. The molecular formula is C16H16BrFN2O3. The van der Waals surface area contributed by atoms with Crippen LogP contribution in [0.1, 0.15) is 35.9 Å². The number of H-pyrrole nitrogens is 1. The zero-order valence-electron chi connectivity index (χ0n) is 12.6. The summed E-state index contributed by atoms with van der Waals surface area (Å²) in [7, 11) is 0. The van der Waals surface area contributed by atoms with E-state index in [4.69, 9.17) is 4.74 Å². The minimum Gasteiger partial charge on any atom is -0.448 e. The minimum absolute atomic E-state index is 0.253. The van der Waals surface area contributed by atoms with Crippen molar-refractivity contribution in [3.05, 3.63) is 58.1 Å². The third-order valence-electron chi connectivity index (χ3n) is 3.25. The van der Waals surface area contributed by atoms with Crippen molar-refractivity contribution in [2.75, 3.05) is 0 Å². The molecule has 2 atom stereocenters. The molecule has 0 fully saturated rings. The van der Waals surface area contributed by atoms with E-state index in [1.54, 1.807) is 31.3 Å². The molecule has 0 bridgehead atoms. The number of hydrogen-bond donors (Lipinski definition) is 2. The predicted octanol–water partition coefficient (Wildman–Crippen LogP) is 3.34. The highest BCUT2D eigenvalue weighted by atomic mass is 79.9. The van der Waals surface area contributed by atoms with Crippen LogP contribution in [0.25, 0.3) is 0 Å². The number of rotatable bonds is 5. The lowest BCUT2D eigenvalue weighted by Crippen LogP contribution is -2.37. The Balaban J connectivity index is 1.91. The number of benzene rings is 1. The normalized spacial score (nSPS) is 13.2. The predicted molar refractivity (Wildman–Crippen MR) is 86.3 cm³/mol. The number of aromatic nitrogens is 1. The SMILES string of the molecule is CC(OC(=O)c1cc(Br)c[nH]1)C(=O)NC(C)c1ccc(F)cc1. The summed E-state index contributed by atoms with van der Waals surface area (Å²) in [4.78, 5) is 26.7. The Morgan fingerprint density at radius 2 is 1.91 bits per heavy atom. The molecule has 122 valence electrons. The Kier molecular flexibility index (Phi) is 5.54. The Bertz CT molecular complexity index is 700. The molecule has 7 heteroatoms. The second-order valence-corrected chi connectivity index (χ2v) is 5.98. The lowest BCUT2D eigenvalue weighted by molar-refractivity contribution is -0.129. The van der Waals surface area contributed by atoms with Gasteiger partial charge in [0.25, 0.3) is 5.91 Å². The fourth-order valence-corrected chi connectivity index (χ4v) is 2.27. The van der Waals surface area contributed by atoms with Crippen molar-refractivity contribution in [2.24, 2.45) is 0 Å². The Morgan fingerprint density at radius 1 is 1.26 bits per heavy atom. The van der Waals surface area contributed by atoms with E-state index in [1.165, 1.54) is 19.1 Å². The molecule has 23 heavy (non-hydrogen) atoms. The van der Waals surface area contributed by atoms with E-state index in [0.717, 1.165) is 5.56 Å². The van der Waals surface area contributed by atoms with Crippen LogP contribution in [-0.2, 0) is 9.53 Å². The number of ether oxygens (including phenoxy) is 1. The fraction of sp³-hybridized carbons (Fsp3) is 0.250. The third-order valence-corrected chi connectivity index (χ3v) is 3.71. The highest BCUT2D eigenvalue weighted by molar-refractivity contribution is 9.10. The number of halogens is 2. The van der Waals surface area contributed by atoms with E-state index in [9.17, 15) is 14.0 Å². The maximum Gasteiger partial charge on any atom is 0.355 e. The standard InChI is InChI=1S/C16H16BrFN2O3/c1-9(11-3-5-13(18)6-4-11)20-15(21)10(2)23-16(22)14-7-12(17)8-19-14/h3-10,19H,1-2H3,(H,20,21). The van der Waals surface area contributed by atoms with Crippen LogP contribution in [-0.4, -0.2) is 23.0 Å². The highest BCUT2D eigenvalue weighted by Gasteiger charge is 2.21. The first-order chi connectivity index (χ1) is 10.9. The maximum atomic E-state index is 12.9. The summed E-state index contributed by atoms with van der Waals surface area (Å²) in [6.07, 6.45) is 0.644. The smallest absolute Gasteiger partial charge is 0.355 e. The molecule has 0 aliphatic rings. The van der Waals surface area contributed by atoms with E-state index in [1.807, 2.05) is 0 Å². The van der Waals surface area contributed by atoms with Crippen molar-refractivity contribution in [2.45, 2.75) is 26.0 Å². The van der Waals surface area contributed by atoms with Gasteiger partial charge in [-0.15, -0.1) is 0 Å². The summed E-state index contributed by atoms with van der Waals surface area (Å²) in [6.45, 7) is 3.25. The Labute approximate surface area is 141 Å². The molecule has 0 radical (unpaired) electrons. The van der Waals surface area contributed by atoms with Gasteiger partial charge in [0.2, 0.25) is 0 Å². The first-order valence-electron chi connectivity index (χ1n) is 6.97. The van der Waals surface area contributed by atoms with Crippen molar-refractivity contribution in [3.63, 3.8) is 0 Å². The Hall–Kier alpha value is -2.15.